The van der Waals surface area contributed by atoms with Crippen LogP contribution in [0.15, 0.2) is 12.3 Å². The minimum absolute atomic E-state index is 0.0308. The molecule has 2 aliphatic heterocycles. The summed E-state index contributed by atoms with van der Waals surface area (Å²) < 4.78 is 16.5. The average molecular weight is 350 g/mol. The number of hydrogen-bond donors (Lipinski definition) is 2. The highest BCUT2D eigenvalue weighted by Gasteiger charge is 2.48. The van der Waals surface area contributed by atoms with Crippen LogP contribution in [0.25, 0.3) is 0 Å². The Bertz CT molecular complexity index is 619. The van der Waals surface area contributed by atoms with Gasteiger partial charge in [-0.25, -0.2) is 9.97 Å². The first-order chi connectivity index (χ1) is 11.9. The number of aromatic nitrogens is 2. The molecule has 3 rings (SSSR count). The molecule has 25 heavy (non-hydrogen) atoms. The van der Waals surface area contributed by atoms with E-state index in [1.165, 1.54) is 7.11 Å². The van der Waals surface area contributed by atoms with Gasteiger partial charge in [-0.1, -0.05) is 20.8 Å². The summed E-state index contributed by atoms with van der Waals surface area (Å²) in [6.45, 7) is 7.27. The van der Waals surface area contributed by atoms with Gasteiger partial charge in [0.15, 0.2) is 0 Å². The topological polar surface area (TPSA) is 94.6 Å². The number of ether oxygens (including phenoxy) is 3. The molecule has 1 aromatic rings. The summed E-state index contributed by atoms with van der Waals surface area (Å²) in [5.74, 6) is 0.398. The van der Waals surface area contributed by atoms with Crippen LogP contribution in [0.5, 0.6) is 0 Å². The van der Waals surface area contributed by atoms with Crippen LogP contribution in [0.3, 0.4) is 0 Å². The first-order valence-electron chi connectivity index (χ1n) is 8.50. The van der Waals surface area contributed by atoms with Crippen LogP contribution in [-0.4, -0.2) is 67.1 Å². The van der Waals surface area contributed by atoms with Crippen molar-refractivity contribution >= 4 is 11.9 Å². The second-order valence-electron chi connectivity index (χ2n) is 7.47. The fraction of sp³-hybridized carbons (Fsp3) is 0.706. The number of carbonyl (C=O) groups excluding carboxylic acids is 1. The number of fused-ring (bicyclic) bond motifs is 1. The number of rotatable bonds is 5. The Labute approximate surface area is 147 Å². The fourth-order valence-electron chi connectivity index (χ4n) is 3.14. The normalized spacial score (nSPS) is 28.6. The summed E-state index contributed by atoms with van der Waals surface area (Å²) in [4.78, 5) is 20.6. The van der Waals surface area contributed by atoms with Crippen molar-refractivity contribution in [1.82, 2.24) is 15.3 Å². The van der Waals surface area contributed by atoms with Crippen molar-refractivity contribution in [3.63, 3.8) is 0 Å². The molecule has 2 saturated heterocycles. The average Bonchev–Trinajstić information content (AvgIpc) is 3.11. The molecule has 0 saturated carbocycles. The standard InChI is InChI=1S/C17H26N4O4/c1-17(2,3)12-5-6-18-16(21-12)20-11-8-25-14-10(7-24-15(11)14)19-13(22)9-23-4/h5-6,10-11,14-15H,7-9H2,1-4H3,(H,19,22)(H,18,20,21)/t10-,11+,14-,15+/m0/s1. The van der Waals surface area contributed by atoms with Gasteiger partial charge in [0.05, 0.1) is 31.0 Å². The minimum Gasteiger partial charge on any atom is -0.375 e. The molecule has 2 aliphatic rings. The zero-order valence-electron chi connectivity index (χ0n) is 15.1. The first kappa shape index (κ1) is 18.0. The molecule has 0 aromatic carbocycles. The van der Waals surface area contributed by atoms with E-state index in [2.05, 4.69) is 41.4 Å². The van der Waals surface area contributed by atoms with Crippen molar-refractivity contribution in [3.8, 4) is 0 Å². The summed E-state index contributed by atoms with van der Waals surface area (Å²) in [7, 11) is 1.49. The van der Waals surface area contributed by atoms with Gasteiger partial charge in [-0.05, 0) is 6.07 Å². The number of carbonyl (C=O) groups is 1. The molecule has 1 aromatic heterocycles. The van der Waals surface area contributed by atoms with Crippen molar-refractivity contribution in [3.05, 3.63) is 18.0 Å². The van der Waals surface area contributed by atoms with Gasteiger partial charge >= 0.3 is 0 Å². The summed E-state index contributed by atoms with van der Waals surface area (Å²) >= 11 is 0. The molecule has 1 amide bonds. The van der Waals surface area contributed by atoms with E-state index in [1.54, 1.807) is 6.20 Å². The molecule has 0 aliphatic carbocycles. The smallest absolute Gasteiger partial charge is 0.246 e. The molecule has 0 unspecified atom stereocenters. The van der Waals surface area contributed by atoms with E-state index in [4.69, 9.17) is 14.2 Å². The largest absolute Gasteiger partial charge is 0.375 e. The van der Waals surface area contributed by atoms with Crippen LogP contribution in [0.2, 0.25) is 0 Å². The molecule has 2 fully saturated rings. The molecule has 138 valence electrons. The van der Waals surface area contributed by atoms with Crippen LogP contribution in [0.1, 0.15) is 26.5 Å². The minimum atomic E-state index is -0.177. The lowest BCUT2D eigenvalue weighted by Gasteiger charge is -2.21. The van der Waals surface area contributed by atoms with E-state index in [0.29, 0.717) is 19.2 Å². The molecule has 2 N–H and O–H groups in total. The predicted molar refractivity (Wildman–Crippen MR) is 91.4 cm³/mol. The zero-order chi connectivity index (χ0) is 18.0. The van der Waals surface area contributed by atoms with Crippen LogP contribution in [-0.2, 0) is 24.4 Å². The zero-order valence-corrected chi connectivity index (χ0v) is 15.1. The quantitative estimate of drug-likeness (QED) is 0.798. The van der Waals surface area contributed by atoms with Crippen molar-refractivity contribution in [2.45, 2.75) is 50.5 Å². The van der Waals surface area contributed by atoms with Crippen molar-refractivity contribution in [2.24, 2.45) is 0 Å². The molecule has 8 heteroatoms. The highest BCUT2D eigenvalue weighted by molar-refractivity contribution is 5.77. The summed E-state index contributed by atoms with van der Waals surface area (Å²) in [6, 6.07) is 1.71. The van der Waals surface area contributed by atoms with Gasteiger partial charge < -0.3 is 24.8 Å². The molecular weight excluding hydrogens is 324 g/mol. The number of anilines is 1. The van der Waals surface area contributed by atoms with E-state index in [-0.39, 0.29) is 42.2 Å². The molecule has 0 spiro atoms. The second-order valence-corrected chi connectivity index (χ2v) is 7.47. The summed E-state index contributed by atoms with van der Waals surface area (Å²) in [5.41, 5.74) is 0.923. The van der Waals surface area contributed by atoms with Crippen LogP contribution in [0.4, 0.5) is 5.95 Å². The van der Waals surface area contributed by atoms with Gasteiger partial charge in [0.25, 0.3) is 0 Å². The maximum atomic E-state index is 11.7. The van der Waals surface area contributed by atoms with Gasteiger partial charge in [0.2, 0.25) is 11.9 Å². The Balaban J connectivity index is 1.62. The predicted octanol–water partition coefficient (Wildman–Crippen LogP) is 0.483. The number of amides is 1. The molecule has 0 radical (unpaired) electrons. The van der Waals surface area contributed by atoms with E-state index >= 15 is 0 Å². The third-order valence-corrected chi connectivity index (χ3v) is 4.41. The molecule has 8 nitrogen and oxygen atoms in total. The maximum Gasteiger partial charge on any atom is 0.246 e. The van der Waals surface area contributed by atoms with Crippen molar-refractivity contribution in [1.29, 1.82) is 0 Å². The van der Waals surface area contributed by atoms with Crippen LogP contribution < -0.4 is 10.6 Å². The Morgan fingerprint density at radius 3 is 2.64 bits per heavy atom. The highest BCUT2D eigenvalue weighted by atomic mass is 16.6. The Hall–Kier alpha value is -1.77. The molecule has 0 bridgehead atoms. The highest BCUT2D eigenvalue weighted by Crippen LogP contribution is 2.29. The molecule has 3 heterocycles. The lowest BCUT2D eigenvalue weighted by atomic mass is 9.92. The van der Waals surface area contributed by atoms with Gasteiger partial charge in [-0.15, -0.1) is 0 Å². The first-order valence-corrected chi connectivity index (χ1v) is 8.50. The molecule has 4 atom stereocenters. The summed E-state index contributed by atoms with van der Waals surface area (Å²) in [5, 5.41) is 6.21. The maximum absolute atomic E-state index is 11.7. The van der Waals surface area contributed by atoms with E-state index < -0.39 is 0 Å². The van der Waals surface area contributed by atoms with Crippen molar-refractivity contribution in [2.75, 3.05) is 32.2 Å². The SMILES string of the molecule is COCC(=O)N[C@H]1CO[C@H]2[C@H]1OC[C@H]2Nc1nccc(C(C)(C)C)n1. The number of hydrogen-bond acceptors (Lipinski definition) is 7. The second kappa shape index (κ2) is 7.23. The summed E-state index contributed by atoms with van der Waals surface area (Å²) in [6.07, 6.45) is 1.44. The Morgan fingerprint density at radius 2 is 1.96 bits per heavy atom. The number of methoxy groups -OCH3 is 1. The van der Waals surface area contributed by atoms with E-state index in [9.17, 15) is 4.79 Å². The lowest BCUT2D eigenvalue weighted by molar-refractivity contribution is -0.126. The number of nitrogens with one attached hydrogen (secondary N) is 2. The Morgan fingerprint density at radius 1 is 1.28 bits per heavy atom. The fourth-order valence-corrected chi connectivity index (χ4v) is 3.14. The van der Waals surface area contributed by atoms with Crippen LogP contribution >= 0.6 is 0 Å². The Kier molecular flexibility index (Phi) is 5.21. The monoisotopic (exact) mass is 350 g/mol. The molecular formula is C17H26N4O4. The van der Waals surface area contributed by atoms with Gasteiger partial charge in [0, 0.05) is 18.7 Å². The van der Waals surface area contributed by atoms with Gasteiger partial charge in [-0.3, -0.25) is 4.79 Å². The number of nitrogens with zero attached hydrogens (tertiary/aromatic N) is 2. The third kappa shape index (κ3) is 4.08. The van der Waals surface area contributed by atoms with E-state index in [1.807, 2.05) is 6.07 Å². The van der Waals surface area contributed by atoms with Crippen LogP contribution in [0, 0.1) is 0 Å². The third-order valence-electron chi connectivity index (χ3n) is 4.41. The van der Waals surface area contributed by atoms with Gasteiger partial charge in [-0.2, -0.15) is 0 Å². The lowest BCUT2D eigenvalue weighted by Crippen LogP contribution is -2.45. The van der Waals surface area contributed by atoms with E-state index in [0.717, 1.165) is 5.69 Å². The van der Waals surface area contributed by atoms with Gasteiger partial charge in [0.1, 0.15) is 18.8 Å². The van der Waals surface area contributed by atoms with Crippen molar-refractivity contribution < 1.29 is 19.0 Å².